The Kier molecular flexibility index (Phi) is 5.12. The van der Waals surface area contributed by atoms with E-state index in [1.807, 2.05) is 20.0 Å². The Morgan fingerprint density at radius 2 is 2.06 bits per heavy atom. The Morgan fingerprint density at radius 1 is 1.31 bits per heavy atom. The minimum absolute atomic E-state index is 0.221. The summed E-state index contributed by atoms with van der Waals surface area (Å²) in [7, 11) is 3.55. The first-order valence-corrected chi connectivity index (χ1v) is 5.70. The number of hydrogen-bond acceptors (Lipinski definition) is 3. The maximum absolute atomic E-state index is 9.59. The van der Waals surface area contributed by atoms with Crippen molar-refractivity contribution >= 4 is 0 Å². The van der Waals surface area contributed by atoms with Crippen LogP contribution >= 0.6 is 0 Å². The summed E-state index contributed by atoms with van der Waals surface area (Å²) >= 11 is 0. The van der Waals surface area contributed by atoms with Crippen LogP contribution in [-0.4, -0.2) is 25.8 Å². The Morgan fingerprint density at radius 3 is 2.69 bits per heavy atom. The monoisotopic (exact) mass is 223 g/mol. The smallest absolute Gasteiger partial charge is 0.160 e. The number of phenolic OH excluding ortho intramolecular Hbond substituents is 1. The van der Waals surface area contributed by atoms with E-state index in [2.05, 4.69) is 5.32 Å². The van der Waals surface area contributed by atoms with Gasteiger partial charge in [-0.2, -0.15) is 0 Å². The van der Waals surface area contributed by atoms with Gasteiger partial charge in [0.15, 0.2) is 11.5 Å². The number of rotatable bonds is 6. The number of unbranched alkanes of at least 4 members (excludes halogenated alkanes) is 1. The van der Waals surface area contributed by atoms with Crippen molar-refractivity contribution < 1.29 is 9.84 Å². The molecule has 0 saturated carbocycles. The molecule has 3 heteroatoms. The van der Waals surface area contributed by atoms with Gasteiger partial charge in [0.05, 0.1) is 7.11 Å². The van der Waals surface area contributed by atoms with Crippen molar-refractivity contribution in [1.82, 2.24) is 5.32 Å². The first-order valence-electron chi connectivity index (χ1n) is 5.70. The highest BCUT2D eigenvalue weighted by Gasteiger charge is 2.06. The summed E-state index contributed by atoms with van der Waals surface area (Å²) in [5.74, 6) is 0.785. The summed E-state index contributed by atoms with van der Waals surface area (Å²) in [6.07, 6.45) is 3.35. The van der Waals surface area contributed by atoms with Gasteiger partial charge in [0.25, 0.3) is 0 Å². The highest BCUT2D eigenvalue weighted by molar-refractivity contribution is 5.46. The number of methoxy groups -OCH3 is 1. The van der Waals surface area contributed by atoms with Gasteiger partial charge in [-0.25, -0.2) is 0 Å². The van der Waals surface area contributed by atoms with Crippen molar-refractivity contribution in [2.45, 2.75) is 26.2 Å². The van der Waals surface area contributed by atoms with Crippen LogP contribution < -0.4 is 10.1 Å². The molecule has 0 fully saturated rings. The summed E-state index contributed by atoms with van der Waals surface area (Å²) in [5.41, 5.74) is 2.38. The van der Waals surface area contributed by atoms with Crippen molar-refractivity contribution in [3.63, 3.8) is 0 Å². The first-order chi connectivity index (χ1) is 7.69. The van der Waals surface area contributed by atoms with E-state index < -0.39 is 0 Å². The Hall–Kier alpha value is -1.22. The molecule has 0 aliphatic carbocycles. The van der Waals surface area contributed by atoms with E-state index in [1.54, 1.807) is 13.2 Å². The molecular formula is C13H21NO2. The zero-order valence-corrected chi connectivity index (χ0v) is 10.3. The zero-order chi connectivity index (χ0) is 12.0. The minimum Gasteiger partial charge on any atom is -0.504 e. The van der Waals surface area contributed by atoms with Crippen LogP contribution in [0.4, 0.5) is 0 Å². The predicted molar refractivity (Wildman–Crippen MR) is 66.3 cm³/mol. The fourth-order valence-corrected chi connectivity index (χ4v) is 1.76. The second kappa shape index (κ2) is 6.38. The summed E-state index contributed by atoms with van der Waals surface area (Å²) in [5, 5.41) is 12.7. The standard InChI is InChI=1S/C13H21NO2/c1-10-8-12(15)13(16-3)9-11(10)6-4-5-7-14-2/h8-9,14-15H,4-7H2,1-3H3. The van der Waals surface area contributed by atoms with Gasteiger partial charge in [-0.05, 0) is 63.0 Å². The number of aromatic hydroxyl groups is 1. The molecule has 0 unspecified atom stereocenters. The third-order valence-corrected chi connectivity index (χ3v) is 2.76. The number of aryl methyl sites for hydroxylation is 2. The lowest BCUT2D eigenvalue weighted by Crippen LogP contribution is -2.07. The molecule has 0 aliphatic heterocycles. The first kappa shape index (κ1) is 12.8. The van der Waals surface area contributed by atoms with E-state index in [-0.39, 0.29) is 5.75 Å². The fraction of sp³-hybridized carbons (Fsp3) is 0.538. The maximum Gasteiger partial charge on any atom is 0.160 e. The summed E-state index contributed by atoms with van der Waals surface area (Å²) < 4.78 is 5.11. The average molecular weight is 223 g/mol. The van der Waals surface area contributed by atoms with Crippen molar-refractivity contribution in [1.29, 1.82) is 0 Å². The lowest BCUT2D eigenvalue weighted by Gasteiger charge is -2.10. The number of ether oxygens (including phenoxy) is 1. The molecule has 0 amide bonds. The van der Waals surface area contributed by atoms with E-state index in [9.17, 15) is 5.11 Å². The van der Waals surface area contributed by atoms with Gasteiger partial charge in [0.2, 0.25) is 0 Å². The van der Waals surface area contributed by atoms with Crippen LogP contribution in [0.25, 0.3) is 0 Å². The average Bonchev–Trinajstić information content (AvgIpc) is 2.27. The Balaban J connectivity index is 2.64. The fourth-order valence-electron chi connectivity index (χ4n) is 1.76. The maximum atomic E-state index is 9.59. The van der Waals surface area contributed by atoms with Crippen LogP contribution in [0.3, 0.4) is 0 Å². The van der Waals surface area contributed by atoms with Gasteiger partial charge in [-0.1, -0.05) is 0 Å². The van der Waals surface area contributed by atoms with Crippen molar-refractivity contribution in [3.8, 4) is 11.5 Å². The summed E-state index contributed by atoms with van der Waals surface area (Å²) in [6, 6.07) is 3.70. The number of hydrogen-bond donors (Lipinski definition) is 2. The SMILES string of the molecule is CNCCCCc1cc(OC)c(O)cc1C. The van der Waals surface area contributed by atoms with Crippen LogP contribution in [0, 0.1) is 6.92 Å². The normalized spacial score (nSPS) is 10.4. The molecule has 0 radical (unpaired) electrons. The summed E-state index contributed by atoms with van der Waals surface area (Å²) in [6.45, 7) is 3.07. The Bertz CT molecular complexity index is 337. The van der Waals surface area contributed by atoms with Gasteiger partial charge < -0.3 is 15.2 Å². The third-order valence-electron chi connectivity index (χ3n) is 2.76. The molecule has 16 heavy (non-hydrogen) atoms. The minimum atomic E-state index is 0.221. The van der Waals surface area contributed by atoms with Crippen LogP contribution in [0.15, 0.2) is 12.1 Å². The molecule has 1 aromatic carbocycles. The van der Waals surface area contributed by atoms with Crippen molar-refractivity contribution in [2.75, 3.05) is 20.7 Å². The van der Waals surface area contributed by atoms with Crippen LogP contribution in [0.5, 0.6) is 11.5 Å². The molecule has 0 aliphatic rings. The van der Waals surface area contributed by atoms with E-state index in [0.717, 1.165) is 24.9 Å². The lowest BCUT2D eigenvalue weighted by molar-refractivity contribution is 0.372. The topological polar surface area (TPSA) is 41.5 Å². The Labute approximate surface area is 97.4 Å². The zero-order valence-electron chi connectivity index (χ0n) is 10.3. The second-order valence-corrected chi connectivity index (χ2v) is 4.01. The van der Waals surface area contributed by atoms with E-state index in [1.165, 1.54) is 12.0 Å². The third kappa shape index (κ3) is 3.42. The number of benzene rings is 1. The molecule has 0 bridgehead atoms. The van der Waals surface area contributed by atoms with E-state index in [4.69, 9.17) is 4.74 Å². The van der Waals surface area contributed by atoms with Crippen molar-refractivity contribution in [2.24, 2.45) is 0 Å². The van der Waals surface area contributed by atoms with Crippen LogP contribution in [-0.2, 0) is 6.42 Å². The van der Waals surface area contributed by atoms with Crippen molar-refractivity contribution in [3.05, 3.63) is 23.3 Å². The highest BCUT2D eigenvalue weighted by Crippen LogP contribution is 2.29. The molecule has 2 N–H and O–H groups in total. The molecule has 0 aromatic heterocycles. The molecular weight excluding hydrogens is 202 g/mol. The van der Waals surface area contributed by atoms with Gasteiger partial charge in [-0.3, -0.25) is 0 Å². The predicted octanol–water partition coefficient (Wildman–Crippen LogP) is 2.25. The van der Waals surface area contributed by atoms with Gasteiger partial charge in [-0.15, -0.1) is 0 Å². The number of nitrogens with one attached hydrogen (secondary N) is 1. The van der Waals surface area contributed by atoms with Crippen LogP contribution in [0.2, 0.25) is 0 Å². The molecule has 90 valence electrons. The highest BCUT2D eigenvalue weighted by atomic mass is 16.5. The van der Waals surface area contributed by atoms with Gasteiger partial charge in [0.1, 0.15) is 0 Å². The molecule has 3 nitrogen and oxygen atoms in total. The molecule has 0 heterocycles. The second-order valence-electron chi connectivity index (χ2n) is 4.01. The van der Waals surface area contributed by atoms with E-state index in [0.29, 0.717) is 5.75 Å². The molecule has 0 spiro atoms. The molecule has 1 rings (SSSR count). The van der Waals surface area contributed by atoms with Crippen LogP contribution in [0.1, 0.15) is 24.0 Å². The lowest BCUT2D eigenvalue weighted by atomic mass is 10.0. The molecule has 0 atom stereocenters. The van der Waals surface area contributed by atoms with Gasteiger partial charge in [0, 0.05) is 0 Å². The van der Waals surface area contributed by atoms with E-state index >= 15 is 0 Å². The molecule has 1 aromatic rings. The number of phenols is 1. The summed E-state index contributed by atoms with van der Waals surface area (Å²) in [4.78, 5) is 0. The van der Waals surface area contributed by atoms with Gasteiger partial charge >= 0.3 is 0 Å². The molecule has 0 saturated heterocycles. The quantitative estimate of drug-likeness (QED) is 0.727. The largest absolute Gasteiger partial charge is 0.504 e.